The SMILES string of the molecule is FC(F)(F)c1cc(Cl)c(Oc2ccccc2CBr)c(Cl)c1Cl. The molecule has 0 saturated carbocycles. The average molecular weight is 434 g/mol. The maximum atomic E-state index is 12.8. The molecule has 0 aliphatic heterocycles. The molecular formula is C14H7BrCl3F3O. The van der Waals surface area contributed by atoms with Crippen molar-refractivity contribution in [2.75, 3.05) is 0 Å². The normalized spacial score (nSPS) is 11.6. The molecule has 0 aromatic heterocycles. The van der Waals surface area contributed by atoms with Crippen LogP contribution in [0.4, 0.5) is 13.2 Å². The van der Waals surface area contributed by atoms with Gasteiger partial charge in [-0.3, -0.25) is 0 Å². The Kier molecular flexibility index (Phi) is 5.54. The smallest absolute Gasteiger partial charge is 0.417 e. The van der Waals surface area contributed by atoms with E-state index in [1.165, 1.54) is 0 Å². The van der Waals surface area contributed by atoms with Crippen LogP contribution in [0.3, 0.4) is 0 Å². The molecule has 0 aliphatic carbocycles. The van der Waals surface area contributed by atoms with Gasteiger partial charge in [0.15, 0.2) is 5.75 Å². The van der Waals surface area contributed by atoms with Crippen molar-refractivity contribution in [3.8, 4) is 11.5 Å². The monoisotopic (exact) mass is 432 g/mol. The molecule has 0 heterocycles. The van der Waals surface area contributed by atoms with Crippen LogP contribution in [0.5, 0.6) is 11.5 Å². The van der Waals surface area contributed by atoms with Crippen LogP contribution in [0.25, 0.3) is 0 Å². The molecule has 2 aromatic carbocycles. The van der Waals surface area contributed by atoms with E-state index < -0.39 is 16.8 Å². The molecule has 22 heavy (non-hydrogen) atoms. The topological polar surface area (TPSA) is 9.23 Å². The lowest BCUT2D eigenvalue weighted by Crippen LogP contribution is -2.07. The molecule has 0 saturated heterocycles. The zero-order valence-electron chi connectivity index (χ0n) is 10.6. The Bertz CT molecular complexity index is 704. The average Bonchev–Trinajstić information content (AvgIpc) is 2.46. The summed E-state index contributed by atoms with van der Waals surface area (Å²) in [6, 6.07) is 7.65. The van der Waals surface area contributed by atoms with E-state index in [2.05, 4.69) is 15.9 Å². The molecule has 0 bridgehead atoms. The first-order valence-electron chi connectivity index (χ1n) is 5.82. The summed E-state index contributed by atoms with van der Waals surface area (Å²) in [5.41, 5.74) is -0.323. The van der Waals surface area contributed by atoms with Gasteiger partial charge in [0.1, 0.15) is 10.8 Å². The summed E-state index contributed by atoms with van der Waals surface area (Å²) in [5.74, 6) is 0.300. The zero-order chi connectivity index (χ0) is 16.5. The second kappa shape index (κ2) is 6.87. The Morgan fingerprint density at radius 1 is 1.05 bits per heavy atom. The summed E-state index contributed by atoms with van der Waals surface area (Å²) in [4.78, 5) is 0. The largest absolute Gasteiger partial charge is 0.454 e. The van der Waals surface area contributed by atoms with Gasteiger partial charge in [-0.25, -0.2) is 0 Å². The first-order chi connectivity index (χ1) is 10.3. The molecule has 0 aliphatic rings. The first kappa shape index (κ1) is 17.7. The highest BCUT2D eigenvalue weighted by Crippen LogP contribution is 2.47. The number of rotatable bonds is 3. The highest BCUT2D eigenvalue weighted by molar-refractivity contribution is 9.08. The van der Waals surface area contributed by atoms with Crippen molar-refractivity contribution in [3.05, 3.63) is 56.5 Å². The van der Waals surface area contributed by atoms with E-state index in [-0.39, 0.29) is 15.8 Å². The Hall–Kier alpha value is -0.620. The fourth-order valence-electron chi connectivity index (χ4n) is 1.70. The van der Waals surface area contributed by atoms with Gasteiger partial charge >= 0.3 is 6.18 Å². The predicted molar refractivity (Wildman–Crippen MR) is 85.6 cm³/mol. The Balaban J connectivity index is 2.51. The lowest BCUT2D eigenvalue weighted by atomic mass is 10.2. The van der Waals surface area contributed by atoms with Crippen molar-refractivity contribution < 1.29 is 17.9 Å². The van der Waals surface area contributed by atoms with Crippen LogP contribution in [0.2, 0.25) is 15.1 Å². The summed E-state index contributed by atoms with van der Waals surface area (Å²) in [5, 5.41) is -0.811. The van der Waals surface area contributed by atoms with Crippen LogP contribution in [0.1, 0.15) is 11.1 Å². The van der Waals surface area contributed by atoms with Crippen LogP contribution in [-0.4, -0.2) is 0 Å². The number of alkyl halides is 4. The lowest BCUT2D eigenvalue weighted by molar-refractivity contribution is -0.137. The van der Waals surface area contributed by atoms with Gasteiger partial charge in [-0.05, 0) is 12.1 Å². The maximum absolute atomic E-state index is 12.8. The molecule has 0 unspecified atom stereocenters. The van der Waals surface area contributed by atoms with Crippen LogP contribution in [0.15, 0.2) is 30.3 Å². The quantitative estimate of drug-likeness (QED) is 0.362. The van der Waals surface area contributed by atoms with Gasteiger partial charge in [-0.1, -0.05) is 68.9 Å². The molecule has 0 N–H and O–H groups in total. The van der Waals surface area contributed by atoms with Gasteiger partial charge in [-0.15, -0.1) is 0 Å². The molecule has 0 spiro atoms. The molecule has 8 heteroatoms. The second-order valence-corrected chi connectivity index (χ2v) is 5.93. The third-order valence-corrected chi connectivity index (χ3v) is 4.49. The maximum Gasteiger partial charge on any atom is 0.417 e. The Labute approximate surface area is 148 Å². The molecule has 2 rings (SSSR count). The van der Waals surface area contributed by atoms with Crippen molar-refractivity contribution in [3.63, 3.8) is 0 Å². The van der Waals surface area contributed by atoms with E-state index in [4.69, 9.17) is 39.5 Å². The number of benzene rings is 2. The van der Waals surface area contributed by atoms with Crippen LogP contribution in [0, 0.1) is 0 Å². The van der Waals surface area contributed by atoms with Crippen molar-refractivity contribution in [2.45, 2.75) is 11.5 Å². The summed E-state index contributed by atoms with van der Waals surface area (Å²) < 4.78 is 44.1. The summed E-state index contributed by atoms with van der Waals surface area (Å²) >= 11 is 20.8. The van der Waals surface area contributed by atoms with E-state index in [1.807, 2.05) is 0 Å². The van der Waals surface area contributed by atoms with E-state index >= 15 is 0 Å². The molecule has 118 valence electrons. The van der Waals surface area contributed by atoms with E-state index in [1.54, 1.807) is 24.3 Å². The Morgan fingerprint density at radius 2 is 1.68 bits per heavy atom. The Morgan fingerprint density at radius 3 is 2.27 bits per heavy atom. The van der Waals surface area contributed by atoms with Crippen LogP contribution < -0.4 is 4.74 Å². The van der Waals surface area contributed by atoms with Crippen molar-refractivity contribution in [1.29, 1.82) is 0 Å². The van der Waals surface area contributed by atoms with Crippen LogP contribution in [-0.2, 0) is 11.5 Å². The van der Waals surface area contributed by atoms with Crippen LogP contribution >= 0.6 is 50.7 Å². The first-order valence-corrected chi connectivity index (χ1v) is 8.07. The van der Waals surface area contributed by atoms with Gasteiger partial charge in [-0.2, -0.15) is 13.2 Å². The zero-order valence-corrected chi connectivity index (χ0v) is 14.5. The van der Waals surface area contributed by atoms with E-state index in [0.29, 0.717) is 17.1 Å². The highest BCUT2D eigenvalue weighted by Gasteiger charge is 2.36. The molecule has 0 atom stereocenters. The summed E-state index contributed by atoms with van der Waals surface area (Å²) in [6.07, 6.45) is -4.66. The van der Waals surface area contributed by atoms with Crippen molar-refractivity contribution in [2.24, 2.45) is 0 Å². The van der Waals surface area contributed by atoms with Gasteiger partial charge in [0.05, 0.1) is 15.6 Å². The minimum absolute atomic E-state index is 0.116. The number of halogens is 7. The van der Waals surface area contributed by atoms with Gasteiger partial charge in [0, 0.05) is 10.9 Å². The number of ether oxygens (including phenoxy) is 1. The van der Waals surface area contributed by atoms with Gasteiger partial charge < -0.3 is 4.74 Å². The predicted octanol–water partition coefficient (Wildman–Crippen LogP) is 7.35. The molecule has 0 amide bonds. The standard InChI is InChI=1S/C14H7BrCl3F3O/c15-6-7-3-1-2-4-10(7)22-13-9(16)5-8(14(19,20)21)11(17)12(13)18/h1-5H,6H2. The minimum atomic E-state index is -4.66. The fraction of sp³-hybridized carbons (Fsp3) is 0.143. The molecule has 2 aromatic rings. The van der Waals surface area contributed by atoms with Crippen molar-refractivity contribution in [1.82, 2.24) is 0 Å². The number of hydrogen-bond acceptors (Lipinski definition) is 1. The molecule has 0 fully saturated rings. The number of para-hydroxylation sites is 1. The number of hydrogen-bond donors (Lipinski definition) is 0. The van der Waals surface area contributed by atoms with E-state index in [9.17, 15) is 13.2 Å². The third-order valence-electron chi connectivity index (χ3n) is 2.75. The fourth-order valence-corrected chi connectivity index (χ4v) is 2.95. The highest BCUT2D eigenvalue weighted by atomic mass is 79.9. The molecule has 0 radical (unpaired) electrons. The lowest BCUT2D eigenvalue weighted by Gasteiger charge is -2.16. The van der Waals surface area contributed by atoms with Crippen molar-refractivity contribution >= 4 is 50.7 Å². The molecule has 1 nitrogen and oxygen atoms in total. The summed E-state index contributed by atoms with van der Waals surface area (Å²) in [6.45, 7) is 0. The van der Waals surface area contributed by atoms with Gasteiger partial charge in [0.2, 0.25) is 0 Å². The van der Waals surface area contributed by atoms with Gasteiger partial charge in [0.25, 0.3) is 0 Å². The third kappa shape index (κ3) is 3.65. The summed E-state index contributed by atoms with van der Waals surface area (Å²) in [7, 11) is 0. The minimum Gasteiger partial charge on any atom is -0.454 e. The molecular weight excluding hydrogens is 427 g/mol. The second-order valence-electron chi connectivity index (χ2n) is 4.20. The van der Waals surface area contributed by atoms with E-state index in [0.717, 1.165) is 5.56 Å².